The number of methoxy groups -OCH3 is 2. The number of nitrogens with zero attached hydrogens (tertiary/aromatic N) is 1. The Morgan fingerprint density at radius 2 is 1.95 bits per heavy atom. The number of anilines is 1. The Morgan fingerprint density at radius 1 is 1.26 bits per heavy atom. The van der Waals surface area contributed by atoms with Crippen LogP contribution >= 0.6 is 11.6 Å². The molecule has 0 amide bonds. The highest BCUT2D eigenvalue weighted by atomic mass is 35.5. The summed E-state index contributed by atoms with van der Waals surface area (Å²) in [4.78, 5) is 0. The van der Waals surface area contributed by atoms with Gasteiger partial charge < -0.3 is 19.7 Å². The summed E-state index contributed by atoms with van der Waals surface area (Å²) in [5, 5.41) is 4.13. The van der Waals surface area contributed by atoms with E-state index in [1.54, 1.807) is 26.4 Å². The van der Waals surface area contributed by atoms with E-state index in [1.807, 2.05) is 6.92 Å². The van der Waals surface area contributed by atoms with Gasteiger partial charge in [-0.1, -0.05) is 23.7 Å². The maximum atomic E-state index is 6.20. The molecule has 0 aliphatic rings. The minimum absolute atomic E-state index is 0.322. The second-order valence-electron chi connectivity index (χ2n) is 3.92. The van der Waals surface area contributed by atoms with Gasteiger partial charge in [0.15, 0.2) is 23.1 Å². The van der Waals surface area contributed by atoms with Crippen LogP contribution in [-0.4, -0.2) is 19.4 Å². The fourth-order valence-corrected chi connectivity index (χ4v) is 2.31. The second kappa shape index (κ2) is 5.40. The van der Waals surface area contributed by atoms with Gasteiger partial charge in [-0.2, -0.15) is 0 Å². The van der Waals surface area contributed by atoms with Crippen LogP contribution in [0.5, 0.6) is 11.5 Å². The van der Waals surface area contributed by atoms with Crippen molar-refractivity contribution in [3.05, 3.63) is 22.7 Å². The molecule has 0 saturated heterocycles. The minimum atomic E-state index is 0.322. The Kier molecular flexibility index (Phi) is 3.85. The van der Waals surface area contributed by atoms with Crippen LogP contribution in [0, 0.1) is 0 Å². The number of aromatic nitrogens is 1. The van der Waals surface area contributed by atoms with E-state index < -0.39 is 0 Å². The third-order valence-corrected chi connectivity index (χ3v) is 3.13. The smallest absolute Gasteiger partial charge is 0.179 e. The van der Waals surface area contributed by atoms with Crippen LogP contribution in [-0.2, 0) is 6.42 Å². The Labute approximate surface area is 116 Å². The summed E-state index contributed by atoms with van der Waals surface area (Å²) in [7, 11) is 3.13. The maximum absolute atomic E-state index is 6.20. The van der Waals surface area contributed by atoms with Crippen LogP contribution < -0.4 is 15.2 Å². The zero-order chi connectivity index (χ0) is 14.0. The average Bonchev–Trinajstić information content (AvgIpc) is 2.83. The molecule has 6 heteroatoms. The summed E-state index contributed by atoms with van der Waals surface area (Å²) >= 11 is 6.20. The van der Waals surface area contributed by atoms with Crippen LogP contribution in [0.25, 0.3) is 11.3 Å². The van der Waals surface area contributed by atoms with Gasteiger partial charge in [0, 0.05) is 17.2 Å². The monoisotopic (exact) mass is 282 g/mol. The van der Waals surface area contributed by atoms with Crippen molar-refractivity contribution in [1.29, 1.82) is 0 Å². The summed E-state index contributed by atoms with van der Waals surface area (Å²) in [6.45, 7) is 2.01. The first-order valence-corrected chi connectivity index (χ1v) is 6.16. The molecule has 1 heterocycles. The lowest BCUT2D eigenvalue weighted by molar-refractivity contribution is 0.352. The van der Waals surface area contributed by atoms with E-state index in [0.29, 0.717) is 28.1 Å². The fourth-order valence-electron chi connectivity index (χ4n) is 2.04. The molecule has 102 valence electrons. The summed E-state index contributed by atoms with van der Waals surface area (Å²) in [6, 6.07) is 3.42. The zero-order valence-electron chi connectivity index (χ0n) is 11.0. The lowest BCUT2D eigenvalue weighted by atomic mass is 10.0. The molecule has 1 aromatic heterocycles. The minimum Gasteiger partial charge on any atom is -0.492 e. The molecule has 19 heavy (non-hydrogen) atoms. The number of ether oxygens (including phenoxy) is 2. The number of halogens is 1. The molecule has 0 aliphatic carbocycles. The standard InChI is InChI=1S/C13H15ClN2O3/c1-4-7-8(10-6-11(15)16-19-10)5-9(14)13(18-3)12(7)17-2/h5-6H,4H2,1-3H3,(H2,15,16). The molecule has 0 fully saturated rings. The number of rotatable bonds is 4. The van der Waals surface area contributed by atoms with Gasteiger partial charge in [0.2, 0.25) is 0 Å². The Bertz CT molecular complexity index is 596. The van der Waals surface area contributed by atoms with Gasteiger partial charge >= 0.3 is 0 Å². The van der Waals surface area contributed by atoms with E-state index in [2.05, 4.69) is 5.16 Å². The molecule has 1 aromatic carbocycles. The summed E-state index contributed by atoms with van der Waals surface area (Å²) in [5.74, 6) is 1.99. The highest BCUT2D eigenvalue weighted by molar-refractivity contribution is 6.32. The van der Waals surface area contributed by atoms with Crippen molar-refractivity contribution in [2.45, 2.75) is 13.3 Å². The van der Waals surface area contributed by atoms with E-state index >= 15 is 0 Å². The number of nitrogens with two attached hydrogens (primary N) is 1. The molecule has 2 N–H and O–H groups in total. The quantitative estimate of drug-likeness (QED) is 0.933. The van der Waals surface area contributed by atoms with E-state index in [9.17, 15) is 0 Å². The van der Waals surface area contributed by atoms with E-state index in [0.717, 1.165) is 17.5 Å². The van der Waals surface area contributed by atoms with Crippen molar-refractivity contribution in [1.82, 2.24) is 5.16 Å². The largest absolute Gasteiger partial charge is 0.492 e. The SMILES string of the molecule is CCc1c(-c2cc(N)no2)cc(Cl)c(OC)c1OC. The highest BCUT2D eigenvalue weighted by Crippen LogP contribution is 2.43. The van der Waals surface area contributed by atoms with Crippen molar-refractivity contribution < 1.29 is 14.0 Å². The molecule has 0 radical (unpaired) electrons. The van der Waals surface area contributed by atoms with Crippen molar-refractivity contribution in [2.75, 3.05) is 20.0 Å². The number of hydrogen-bond acceptors (Lipinski definition) is 5. The molecule has 5 nitrogen and oxygen atoms in total. The van der Waals surface area contributed by atoms with Crippen molar-refractivity contribution in [3.8, 4) is 22.8 Å². The lowest BCUT2D eigenvalue weighted by Crippen LogP contribution is -1.98. The van der Waals surface area contributed by atoms with Crippen LogP contribution in [0.15, 0.2) is 16.7 Å². The Balaban J connectivity index is 2.71. The van der Waals surface area contributed by atoms with Crippen molar-refractivity contribution in [3.63, 3.8) is 0 Å². The Hall–Kier alpha value is -1.88. The molecule has 0 atom stereocenters. The molecular weight excluding hydrogens is 268 g/mol. The van der Waals surface area contributed by atoms with Crippen LogP contribution in [0.2, 0.25) is 5.02 Å². The first-order chi connectivity index (χ1) is 9.12. The van der Waals surface area contributed by atoms with E-state index in [4.69, 9.17) is 31.3 Å². The van der Waals surface area contributed by atoms with Crippen LogP contribution in [0.4, 0.5) is 5.82 Å². The normalized spacial score (nSPS) is 10.5. The number of nitrogen functional groups attached to an aromatic ring is 1. The maximum Gasteiger partial charge on any atom is 0.179 e. The van der Waals surface area contributed by atoms with Gasteiger partial charge in [-0.25, -0.2) is 0 Å². The predicted octanol–water partition coefficient (Wildman–Crippen LogP) is 3.16. The van der Waals surface area contributed by atoms with Crippen LogP contribution in [0.1, 0.15) is 12.5 Å². The third-order valence-electron chi connectivity index (χ3n) is 2.85. The first kappa shape index (κ1) is 13.5. The van der Waals surface area contributed by atoms with Gasteiger partial charge in [-0.05, 0) is 12.5 Å². The van der Waals surface area contributed by atoms with E-state index in [-0.39, 0.29) is 0 Å². The van der Waals surface area contributed by atoms with Gasteiger partial charge in [0.25, 0.3) is 0 Å². The summed E-state index contributed by atoms with van der Waals surface area (Å²) in [6.07, 6.45) is 0.729. The van der Waals surface area contributed by atoms with Gasteiger partial charge in [-0.3, -0.25) is 0 Å². The molecular formula is C13H15ClN2O3. The van der Waals surface area contributed by atoms with Crippen LogP contribution in [0.3, 0.4) is 0 Å². The zero-order valence-corrected chi connectivity index (χ0v) is 11.7. The molecule has 2 rings (SSSR count). The number of benzene rings is 1. The first-order valence-electron chi connectivity index (χ1n) is 5.78. The predicted molar refractivity (Wildman–Crippen MR) is 73.8 cm³/mol. The summed E-state index contributed by atoms with van der Waals surface area (Å²) < 4.78 is 15.9. The van der Waals surface area contributed by atoms with Gasteiger partial charge in [-0.15, -0.1) is 0 Å². The molecule has 0 saturated carbocycles. The highest BCUT2D eigenvalue weighted by Gasteiger charge is 2.20. The fraction of sp³-hybridized carbons (Fsp3) is 0.308. The molecule has 0 aliphatic heterocycles. The average molecular weight is 283 g/mol. The molecule has 0 unspecified atom stereocenters. The topological polar surface area (TPSA) is 70.5 Å². The third kappa shape index (κ3) is 2.33. The van der Waals surface area contributed by atoms with Gasteiger partial charge in [0.1, 0.15) is 0 Å². The lowest BCUT2D eigenvalue weighted by Gasteiger charge is -2.16. The molecule has 2 aromatic rings. The second-order valence-corrected chi connectivity index (χ2v) is 4.33. The molecule has 0 spiro atoms. The van der Waals surface area contributed by atoms with E-state index in [1.165, 1.54) is 0 Å². The van der Waals surface area contributed by atoms with Crippen molar-refractivity contribution >= 4 is 17.4 Å². The van der Waals surface area contributed by atoms with Gasteiger partial charge in [0.05, 0.1) is 19.2 Å². The summed E-state index contributed by atoms with van der Waals surface area (Å²) in [5.41, 5.74) is 7.31. The van der Waals surface area contributed by atoms with Crippen molar-refractivity contribution in [2.24, 2.45) is 0 Å². The number of hydrogen-bond donors (Lipinski definition) is 1. The Morgan fingerprint density at radius 3 is 2.42 bits per heavy atom. The molecule has 0 bridgehead atoms.